The highest BCUT2D eigenvalue weighted by Gasteiger charge is 2.39. The van der Waals surface area contributed by atoms with Crippen LogP contribution in [0.25, 0.3) is 10.9 Å². The van der Waals surface area contributed by atoms with Gasteiger partial charge in [-0.25, -0.2) is 0 Å². The number of fused-ring (bicyclic) bond motifs is 2. The molecule has 3 aliphatic rings. The van der Waals surface area contributed by atoms with Gasteiger partial charge in [0.2, 0.25) is 0 Å². The van der Waals surface area contributed by atoms with E-state index in [-0.39, 0.29) is 17.9 Å². The summed E-state index contributed by atoms with van der Waals surface area (Å²) in [6.45, 7) is 7.61. The SMILES string of the molecule is CC(CN1CC[C@H]2CN(C(=O)c3ccccc3)C[C@@H]2C1)C1CCC(NC(=O)c2cccc3ncccc23)CC1. The number of hydrogen-bond donors (Lipinski definition) is 1. The first-order chi connectivity index (χ1) is 19.0. The maximum absolute atomic E-state index is 13.1. The third-order valence-corrected chi connectivity index (χ3v) is 9.54. The maximum Gasteiger partial charge on any atom is 0.253 e. The monoisotopic (exact) mass is 524 g/mol. The van der Waals surface area contributed by atoms with Crippen molar-refractivity contribution in [2.45, 2.75) is 45.1 Å². The molecular weight excluding hydrogens is 484 g/mol. The molecule has 2 saturated heterocycles. The Hall–Kier alpha value is -3.25. The molecule has 3 atom stereocenters. The van der Waals surface area contributed by atoms with Gasteiger partial charge in [0.15, 0.2) is 0 Å². The number of aromatic nitrogens is 1. The maximum atomic E-state index is 13.1. The van der Waals surface area contributed by atoms with Crippen molar-refractivity contribution in [3.8, 4) is 0 Å². The summed E-state index contributed by atoms with van der Waals surface area (Å²) in [7, 11) is 0. The Kier molecular flexibility index (Phi) is 7.64. The average molecular weight is 525 g/mol. The summed E-state index contributed by atoms with van der Waals surface area (Å²) in [5.41, 5.74) is 2.39. The van der Waals surface area contributed by atoms with Gasteiger partial charge in [0, 0.05) is 54.9 Å². The first kappa shape index (κ1) is 26.0. The molecule has 3 heterocycles. The number of nitrogens with one attached hydrogen (secondary N) is 1. The van der Waals surface area contributed by atoms with E-state index < -0.39 is 0 Å². The van der Waals surface area contributed by atoms with Gasteiger partial charge in [0.1, 0.15) is 0 Å². The second-order valence-electron chi connectivity index (χ2n) is 12.1. The molecule has 0 spiro atoms. The Labute approximate surface area is 231 Å². The molecule has 1 unspecified atom stereocenters. The van der Waals surface area contributed by atoms with E-state index in [1.54, 1.807) is 6.20 Å². The van der Waals surface area contributed by atoms with Crippen molar-refractivity contribution in [3.63, 3.8) is 0 Å². The van der Waals surface area contributed by atoms with Crippen LogP contribution in [0.15, 0.2) is 66.9 Å². The molecule has 6 rings (SSSR count). The molecule has 0 radical (unpaired) electrons. The van der Waals surface area contributed by atoms with Crippen molar-refractivity contribution < 1.29 is 9.59 Å². The topological polar surface area (TPSA) is 65.5 Å². The Bertz CT molecular complexity index is 1300. The highest BCUT2D eigenvalue weighted by molar-refractivity contribution is 6.06. The molecular formula is C33H40N4O2. The molecule has 3 aromatic rings. The number of nitrogens with zero attached hydrogens (tertiary/aromatic N) is 3. The van der Waals surface area contributed by atoms with Crippen molar-refractivity contribution in [3.05, 3.63) is 78.0 Å². The summed E-state index contributed by atoms with van der Waals surface area (Å²) in [5, 5.41) is 4.22. The summed E-state index contributed by atoms with van der Waals surface area (Å²) in [4.78, 5) is 35.2. The number of hydrogen-bond acceptors (Lipinski definition) is 4. The van der Waals surface area contributed by atoms with E-state index in [2.05, 4.69) is 27.0 Å². The number of piperidine rings is 1. The number of likely N-dealkylation sites (tertiary alicyclic amines) is 2. The molecule has 204 valence electrons. The zero-order chi connectivity index (χ0) is 26.8. The van der Waals surface area contributed by atoms with Crippen LogP contribution in [0.4, 0.5) is 0 Å². The van der Waals surface area contributed by atoms with Crippen LogP contribution in [0.2, 0.25) is 0 Å². The summed E-state index contributed by atoms with van der Waals surface area (Å²) in [6, 6.07) is 19.6. The van der Waals surface area contributed by atoms with Crippen LogP contribution in [0.1, 0.15) is 59.7 Å². The van der Waals surface area contributed by atoms with Gasteiger partial charge in [-0.3, -0.25) is 14.6 Å². The lowest BCUT2D eigenvalue weighted by Gasteiger charge is -2.39. The highest BCUT2D eigenvalue weighted by atomic mass is 16.2. The molecule has 2 aromatic carbocycles. The molecule has 2 aliphatic heterocycles. The summed E-state index contributed by atoms with van der Waals surface area (Å²) < 4.78 is 0. The van der Waals surface area contributed by atoms with E-state index in [0.717, 1.165) is 67.6 Å². The smallest absolute Gasteiger partial charge is 0.253 e. The Balaban J connectivity index is 0.968. The molecule has 1 N–H and O–H groups in total. The second kappa shape index (κ2) is 11.5. The number of carbonyl (C=O) groups excluding carboxylic acids is 2. The molecule has 1 aromatic heterocycles. The van der Waals surface area contributed by atoms with Gasteiger partial charge in [-0.15, -0.1) is 0 Å². The molecule has 0 bridgehead atoms. The number of rotatable bonds is 6. The standard InChI is InChI=1S/C33H40N4O2/c1-23(19-36-18-16-26-21-37(22-27(26)20-36)33(39)25-7-3-2-4-8-25)24-12-14-28(15-13-24)35-32(38)30-9-5-11-31-29(30)10-6-17-34-31/h2-11,17,23-24,26-28H,12-16,18-22H2,1H3,(H,35,38)/t23?,24?,26-,27-,28?/m0/s1. The lowest BCUT2D eigenvalue weighted by atomic mass is 9.78. The number of pyridine rings is 1. The fourth-order valence-electron chi connectivity index (χ4n) is 7.29. The summed E-state index contributed by atoms with van der Waals surface area (Å²) in [5.74, 6) is 2.79. The minimum Gasteiger partial charge on any atom is -0.349 e. The molecule has 2 amide bonds. The predicted octanol–water partition coefficient (Wildman–Crippen LogP) is 5.25. The Morgan fingerprint density at radius 1 is 0.897 bits per heavy atom. The van der Waals surface area contributed by atoms with Crippen LogP contribution in [-0.2, 0) is 0 Å². The largest absolute Gasteiger partial charge is 0.349 e. The quantitative estimate of drug-likeness (QED) is 0.478. The fourth-order valence-corrected chi connectivity index (χ4v) is 7.29. The van der Waals surface area contributed by atoms with Crippen LogP contribution >= 0.6 is 0 Å². The van der Waals surface area contributed by atoms with Crippen LogP contribution in [0.5, 0.6) is 0 Å². The van der Waals surface area contributed by atoms with E-state index in [0.29, 0.717) is 23.7 Å². The van der Waals surface area contributed by atoms with Crippen LogP contribution < -0.4 is 5.32 Å². The lowest BCUT2D eigenvalue weighted by molar-refractivity contribution is 0.0781. The van der Waals surface area contributed by atoms with Crippen LogP contribution in [0.3, 0.4) is 0 Å². The van der Waals surface area contributed by atoms with E-state index in [9.17, 15) is 9.59 Å². The summed E-state index contributed by atoms with van der Waals surface area (Å²) >= 11 is 0. The number of amides is 2. The normalized spacial score (nSPS) is 26.2. The zero-order valence-corrected chi connectivity index (χ0v) is 23.0. The van der Waals surface area contributed by atoms with Crippen molar-refractivity contribution in [1.82, 2.24) is 20.1 Å². The Morgan fingerprint density at radius 2 is 1.69 bits per heavy atom. The van der Waals surface area contributed by atoms with Gasteiger partial charge < -0.3 is 15.1 Å². The van der Waals surface area contributed by atoms with E-state index in [1.165, 1.54) is 19.3 Å². The van der Waals surface area contributed by atoms with Crippen molar-refractivity contribution >= 4 is 22.7 Å². The number of benzene rings is 2. The van der Waals surface area contributed by atoms with Crippen molar-refractivity contribution in [2.24, 2.45) is 23.7 Å². The van der Waals surface area contributed by atoms with Gasteiger partial charge in [0.25, 0.3) is 11.8 Å². The minimum atomic E-state index is 0.0179. The van der Waals surface area contributed by atoms with E-state index in [4.69, 9.17) is 0 Å². The minimum absolute atomic E-state index is 0.0179. The fraction of sp³-hybridized carbons (Fsp3) is 0.485. The molecule has 1 aliphatic carbocycles. The molecule has 3 fully saturated rings. The van der Waals surface area contributed by atoms with Gasteiger partial charge in [0.05, 0.1) is 5.52 Å². The van der Waals surface area contributed by atoms with Crippen LogP contribution in [0, 0.1) is 23.7 Å². The van der Waals surface area contributed by atoms with Gasteiger partial charge in [-0.1, -0.05) is 37.3 Å². The first-order valence-corrected chi connectivity index (χ1v) is 14.8. The van der Waals surface area contributed by atoms with Crippen LogP contribution in [-0.4, -0.2) is 65.4 Å². The van der Waals surface area contributed by atoms with E-state index >= 15 is 0 Å². The van der Waals surface area contributed by atoms with Crippen molar-refractivity contribution in [1.29, 1.82) is 0 Å². The van der Waals surface area contributed by atoms with Crippen molar-refractivity contribution in [2.75, 3.05) is 32.7 Å². The molecule has 39 heavy (non-hydrogen) atoms. The second-order valence-corrected chi connectivity index (χ2v) is 12.1. The molecule has 6 nitrogen and oxygen atoms in total. The number of carbonyl (C=O) groups is 2. The molecule has 6 heteroatoms. The zero-order valence-electron chi connectivity index (χ0n) is 23.0. The third kappa shape index (κ3) is 5.72. The van der Waals surface area contributed by atoms with Gasteiger partial charge in [-0.05, 0) is 92.7 Å². The molecule has 1 saturated carbocycles. The highest BCUT2D eigenvalue weighted by Crippen LogP contribution is 2.35. The van der Waals surface area contributed by atoms with Gasteiger partial charge in [-0.2, -0.15) is 0 Å². The van der Waals surface area contributed by atoms with Gasteiger partial charge >= 0.3 is 0 Å². The van der Waals surface area contributed by atoms with E-state index in [1.807, 2.05) is 60.7 Å². The predicted molar refractivity (Wildman–Crippen MR) is 155 cm³/mol. The Morgan fingerprint density at radius 3 is 2.51 bits per heavy atom. The first-order valence-electron chi connectivity index (χ1n) is 14.8. The average Bonchev–Trinajstić information content (AvgIpc) is 3.41. The summed E-state index contributed by atoms with van der Waals surface area (Å²) in [6.07, 6.45) is 7.39. The lowest BCUT2D eigenvalue weighted by Crippen LogP contribution is -2.44. The third-order valence-electron chi connectivity index (χ3n) is 9.54.